The van der Waals surface area contributed by atoms with Gasteiger partial charge in [0.25, 0.3) is 0 Å². The lowest BCUT2D eigenvalue weighted by atomic mass is 9.91. The van der Waals surface area contributed by atoms with Gasteiger partial charge in [-0.3, -0.25) is 4.79 Å². The summed E-state index contributed by atoms with van der Waals surface area (Å²) in [5.41, 5.74) is 1.67. The second-order valence-electron chi connectivity index (χ2n) is 11.1. The van der Waals surface area contributed by atoms with Crippen LogP contribution < -0.4 is 21.4 Å². The van der Waals surface area contributed by atoms with Crippen LogP contribution in [-0.2, 0) is 9.47 Å². The van der Waals surface area contributed by atoms with Crippen LogP contribution in [0.15, 0.2) is 11.0 Å². The maximum Gasteiger partial charge on any atom is 0.407 e. The van der Waals surface area contributed by atoms with Crippen LogP contribution in [0, 0.1) is 17.6 Å². The number of benzene rings is 1. The lowest BCUT2D eigenvalue weighted by Gasteiger charge is -2.30. The van der Waals surface area contributed by atoms with Crippen molar-refractivity contribution in [3.05, 3.63) is 33.6 Å². The average molecular weight is 521 g/mol. The average Bonchev–Trinajstić information content (AvgIpc) is 3.47. The van der Waals surface area contributed by atoms with E-state index in [4.69, 9.17) is 15.2 Å². The predicted molar refractivity (Wildman–Crippen MR) is 131 cm³/mol. The molecule has 0 bridgehead atoms. The molecule has 3 heterocycles. The number of carboxylic acids is 1. The number of alkyl carbamates (subject to hydrolysis) is 1. The molecule has 1 amide bonds. The number of hydrogen-bond donors (Lipinski definition) is 3. The second-order valence-corrected chi connectivity index (χ2v) is 11.1. The van der Waals surface area contributed by atoms with Crippen molar-refractivity contribution in [2.45, 2.75) is 57.3 Å². The molecule has 0 spiro atoms. The van der Waals surface area contributed by atoms with Crippen molar-refractivity contribution in [1.82, 2.24) is 9.88 Å². The number of hydrogen-bond acceptors (Lipinski definition) is 7. The summed E-state index contributed by atoms with van der Waals surface area (Å²) in [7, 11) is 0. The molecule has 2 saturated heterocycles. The summed E-state index contributed by atoms with van der Waals surface area (Å²) in [5.74, 6) is -3.72. The fraction of sp³-hybridized carbons (Fsp3) is 0.560. The van der Waals surface area contributed by atoms with Crippen LogP contribution in [-0.4, -0.2) is 59.2 Å². The molecule has 2 unspecified atom stereocenters. The molecular formula is C25H30F2N4O6. The number of carboxylic acid groups (broad SMARTS) is 1. The normalized spacial score (nSPS) is 23.4. The zero-order valence-corrected chi connectivity index (χ0v) is 20.9. The molecule has 12 heteroatoms. The topological polar surface area (TPSA) is 136 Å². The van der Waals surface area contributed by atoms with Gasteiger partial charge in [-0.1, -0.05) is 0 Å². The molecule has 1 aliphatic carbocycles. The van der Waals surface area contributed by atoms with E-state index >= 15 is 8.78 Å². The van der Waals surface area contributed by atoms with Crippen molar-refractivity contribution in [1.29, 1.82) is 0 Å². The molecule has 3 aliphatic rings. The Labute approximate surface area is 211 Å². The number of aromatic carboxylic acids is 1. The molecule has 3 fully saturated rings. The van der Waals surface area contributed by atoms with Gasteiger partial charge in [-0.2, -0.15) is 0 Å². The Balaban J connectivity index is 1.55. The summed E-state index contributed by atoms with van der Waals surface area (Å²) in [4.78, 5) is 38.3. The Kier molecular flexibility index (Phi) is 5.85. The number of aromatic nitrogens is 1. The van der Waals surface area contributed by atoms with Crippen molar-refractivity contribution < 1.29 is 33.0 Å². The van der Waals surface area contributed by atoms with Crippen molar-refractivity contribution in [3.63, 3.8) is 0 Å². The van der Waals surface area contributed by atoms with Crippen LogP contribution in [0.25, 0.3) is 10.9 Å². The monoisotopic (exact) mass is 520 g/mol. The standard InChI is InChI=1S/C25H30F2N4O6/c1-24(2,3)37-23(35)29-10-25-11-30(8-12(25)6-7-36-25)20-16(26)18(28)15-19(17(20)27)31(13-4-5-13)9-14(21(15)32)22(33)34/h9,12-13H,4-8,10-11,28H2,1-3H3,(H,29,35)(H,33,34). The van der Waals surface area contributed by atoms with Crippen LogP contribution in [0.3, 0.4) is 0 Å². The number of halogens is 2. The highest BCUT2D eigenvalue weighted by molar-refractivity contribution is 5.99. The predicted octanol–water partition coefficient (Wildman–Crippen LogP) is 3.02. The van der Waals surface area contributed by atoms with E-state index in [0.29, 0.717) is 25.9 Å². The van der Waals surface area contributed by atoms with E-state index < -0.39 is 62.7 Å². The second kappa shape index (κ2) is 8.57. The number of rotatable bonds is 5. The van der Waals surface area contributed by atoms with Gasteiger partial charge in [0.05, 0.1) is 23.1 Å². The Bertz CT molecular complexity index is 1370. The minimum Gasteiger partial charge on any atom is -0.477 e. The lowest BCUT2D eigenvalue weighted by molar-refractivity contribution is -0.000290. The third-order valence-electron chi connectivity index (χ3n) is 7.28. The van der Waals surface area contributed by atoms with E-state index in [-0.39, 0.29) is 37.1 Å². The highest BCUT2D eigenvalue weighted by Gasteiger charge is 2.52. The molecule has 2 aliphatic heterocycles. The quantitative estimate of drug-likeness (QED) is 0.512. The summed E-state index contributed by atoms with van der Waals surface area (Å²) in [6.07, 6.45) is 2.46. The Morgan fingerprint density at radius 1 is 1.27 bits per heavy atom. The molecule has 200 valence electrons. The summed E-state index contributed by atoms with van der Waals surface area (Å²) in [5, 5.41) is 11.7. The molecule has 37 heavy (non-hydrogen) atoms. The largest absolute Gasteiger partial charge is 0.477 e. The first-order valence-electron chi connectivity index (χ1n) is 12.3. The van der Waals surface area contributed by atoms with E-state index in [1.807, 2.05) is 0 Å². The smallest absolute Gasteiger partial charge is 0.407 e. The minimum absolute atomic E-state index is 0.0765. The molecule has 4 N–H and O–H groups in total. The van der Waals surface area contributed by atoms with E-state index in [9.17, 15) is 19.5 Å². The third kappa shape index (κ3) is 4.26. The van der Waals surface area contributed by atoms with Gasteiger partial charge >= 0.3 is 12.1 Å². The third-order valence-corrected chi connectivity index (χ3v) is 7.28. The summed E-state index contributed by atoms with van der Waals surface area (Å²) in [6.45, 7) is 6.08. The maximum absolute atomic E-state index is 16.1. The zero-order valence-electron chi connectivity index (χ0n) is 20.9. The van der Waals surface area contributed by atoms with Crippen molar-refractivity contribution >= 4 is 34.3 Å². The summed E-state index contributed by atoms with van der Waals surface area (Å²) in [6, 6.07) is -0.209. The van der Waals surface area contributed by atoms with Gasteiger partial charge < -0.3 is 35.1 Å². The van der Waals surface area contributed by atoms with Gasteiger partial charge in [0, 0.05) is 37.9 Å². The van der Waals surface area contributed by atoms with E-state index in [1.165, 1.54) is 9.47 Å². The molecule has 1 aromatic carbocycles. The molecule has 2 aromatic rings. The molecule has 2 atom stereocenters. The van der Waals surface area contributed by atoms with Gasteiger partial charge in [-0.25, -0.2) is 18.4 Å². The van der Waals surface area contributed by atoms with Crippen molar-refractivity contribution in [3.8, 4) is 0 Å². The number of nitrogens with zero attached hydrogens (tertiary/aromatic N) is 2. The van der Waals surface area contributed by atoms with Crippen LogP contribution >= 0.6 is 0 Å². The molecule has 1 aromatic heterocycles. The molecule has 10 nitrogen and oxygen atoms in total. The SMILES string of the molecule is CC(C)(C)OC(=O)NCC12CN(c3c(F)c(N)c4c(=O)c(C(=O)O)cn(C5CC5)c4c3F)CC1CCO2. The number of amides is 1. The summed E-state index contributed by atoms with van der Waals surface area (Å²) < 4.78 is 44.5. The van der Waals surface area contributed by atoms with Crippen LogP contribution in [0.2, 0.25) is 0 Å². The Morgan fingerprint density at radius 2 is 1.97 bits per heavy atom. The number of nitrogen functional groups attached to an aromatic ring is 1. The van der Waals surface area contributed by atoms with Crippen molar-refractivity contribution in [2.75, 3.05) is 36.9 Å². The fourth-order valence-electron chi connectivity index (χ4n) is 5.45. The number of anilines is 2. The first-order chi connectivity index (χ1) is 17.3. The number of fused-ring (bicyclic) bond motifs is 2. The highest BCUT2D eigenvalue weighted by Crippen LogP contribution is 2.45. The van der Waals surface area contributed by atoms with Gasteiger partial charge in [-0.15, -0.1) is 0 Å². The lowest BCUT2D eigenvalue weighted by Crippen LogP contribution is -2.49. The maximum atomic E-state index is 16.1. The van der Waals surface area contributed by atoms with Gasteiger partial charge in [-0.05, 0) is 40.0 Å². The summed E-state index contributed by atoms with van der Waals surface area (Å²) >= 11 is 0. The minimum atomic E-state index is -1.49. The number of carbonyl (C=O) groups is 2. The van der Waals surface area contributed by atoms with E-state index in [1.54, 1.807) is 20.8 Å². The van der Waals surface area contributed by atoms with Crippen LogP contribution in [0.4, 0.5) is 25.0 Å². The van der Waals surface area contributed by atoms with Crippen molar-refractivity contribution in [2.24, 2.45) is 5.92 Å². The van der Waals surface area contributed by atoms with E-state index in [2.05, 4.69) is 5.32 Å². The van der Waals surface area contributed by atoms with Gasteiger partial charge in [0.2, 0.25) is 5.43 Å². The van der Waals surface area contributed by atoms with Gasteiger partial charge in [0.1, 0.15) is 22.5 Å². The molecular weight excluding hydrogens is 490 g/mol. The Morgan fingerprint density at radius 3 is 2.59 bits per heavy atom. The number of ether oxygens (including phenoxy) is 2. The number of nitrogens with one attached hydrogen (secondary N) is 1. The molecule has 1 saturated carbocycles. The number of pyridine rings is 1. The van der Waals surface area contributed by atoms with Crippen LogP contribution in [0.1, 0.15) is 56.4 Å². The number of nitrogens with two attached hydrogens (primary N) is 1. The van der Waals surface area contributed by atoms with Gasteiger partial charge in [0.15, 0.2) is 11.6 Å². The Hall–Kier alpha value is -3.41. The fourth-order valence-corrected chi connectivity index (χ4v) is 5.45. The highest BCUT2D eigenvalue weighted by atomic mass is 19.1. The number of carbonyl (C=O) groups excluding carboxylic acids is 1. The zero-order chi connectivity index (χ0) is 26.9. The van der Waals surface area contributed by atoms with E-state index in [0.717, 1.165) is 6.20 Å². The molecule has 0 radical (unpaired) electrons. The van der Waals surface area contributed by atoms with Crippen LogP contribution in [0.5, 0.6) is 0 Å². The first kappa shape index (κ1) is 25.2. The molecule has 5 rings (SSSR count). The first-order valence-corrected chi connectivity index (χ1v) is 12.3.